The largest absolute Gasteiger partial charge is 0.545 e. The Morgan fingerprint density at radius 1 is 1.53 bits per heavy atom. The molecule has 0 aliphatic carbocycles. The summed E-state index contributed by atoms with van der Waals surface area (Å²) in [6.07, 6.45) is 3.86. The third-order valence-electron chi connectivity index (χ3n) is 1.83. The Morgan fingerprint density at radius 2 is 2.20 bits per heavy atom. The Bertz CT molecular complexity index is 417. The number of methoxy groups -OCH3 is 1. The zero-order chi connectivity index (χ0) is 11.4. The number of hydrogen-bond acceptors (Lipinski definition) is 4. The van der Waals surface area contributed by atoms with E-state index in [2.05, 4.69) is 4.74 Å². The van der Waals surface area contributed by atoms with Gasteiger partial charge in [-0.3, -0.25) is 0 Å². The standard InChI is InChI=1S/C10H11NO4/c1-11-6-7(3-4-9(12)13)5-8(11)10(14)15-2/h3-6H,1-2H3,(H,12,13)/p-1/b4-3+. The Morgan fingerprint density at radius 3 is 2.73 bits per heavy atom. The van der Waals surface area contributed by atoms with Crippen LogP contribution in [0.1, 0.15) is 16.1 Å². The van der Waals surface area contributed by atoms with Crippen LogP contribution in [-0.2, 0) is 16.6 Å². The van der Waals surface area contributed by atoms with Gasteiger partial charge >= 0.3 is 5.97 Å². The number of aliphatic carboxylic acids is 1. The van der Waals surface area contributed by atoms with Crippen molar-refractivity contribution in [2.45, 2.75) is 0 Å². The van der Waals surface area contributed by atoms with Crippen molar-refractivity contribution >= 4 is 18.0 Å². The summed E-state index contributed by atoms with van der Waals surface area (Å²) in [7, 11) is 2.95. The molecule has 0 unspecified atom stereocenters. The van der Waals surface area contributed by atoms with E-state index in [0.29, 0.717) is 11.3 Å². The Labute approximate surface area is 86.6 Å². The fourth-order valence-electron chi connectivity index (χ4n) is 1.15. The summed E-state index contributed by atoms with van der Waals surface area (Å²) in [6.45, 7) is 0. The van der Waals surface area contributed by atoms with E-state index >= 15 is 0 Å². The molecule has 0 atom stereocenters. The van der Waals surface area contributed by atoms with Crippen molar-refractivity contribution in [1.82, 2.24) is 4.57 Å². The molecule has 1 aromatic heterocycles. The summed E-state index contributed by atoms with van der Waals surface area (Å²) in [5, 5.41) is 10.2. The number of carboxylic acid groups (broad SMARTS) is 1. The van der Waals surface area contributed by atoms with E-state index in [1.54, 1.807) is 17.8 Å². The minimum atomic E-state index is -1.28. The van der Waals surface area contributed by atoms with Crippen molar-refractivity contribution < 1.29 is 19.4 Å². The normalized spacial score (nSPS) is 10.5. The van der Waals surface area contributed by atoms with Gasteiger partial charge in [-0.05, 0) is 17.7 Å². The predicted molar refractivity (Wildman–Crippen MR) is 50.8 cm³/mol. The van der Waals surface area contributed by atoms with E-state index in [0.717, 1.165) is 6.08 Å². The molecular formula is C10H10NO4-. The molecule has 0 saturated heterocycles. The summed E-state index contributed by atoms with van der Waals surface area (Å²) in [5.41, 5.74) is 0.956. The van der Waals surface area contributed by atoms with E-state index in [-0.39, 0.29) is 0 Å². The lowest BCUT2D eigenvalue weighted by atomic mass is 10.3. The van der Waals surface area contributed by atoms with Crippen LogP contribution in [0.4, 0.5) is 0 Å². The average molecular weight is 208 g/mol. The molecule has 5 heteroatoms. The Hall–Kier alpha value is -2.04. The van der Waals surface area contributed by atoms with Gasteiger partial charge in [-0.15, -0.1) is 0 Å². The first-order valence-electron chi connectivity index (χ1n) is 4.18. The first kappa shape index (κ1) is 11.0. The monoisotopic (exact) mass is 208 g/mol. The molecule has 5 nitrogen and oxygen atoms in total. The molecule has 1 rings (SSSR count). The van der Waals surface area contributed by atoms with Crippen molar-refractivity contribution in [3.8, 4) is 0 Å². The number of aryl methyl sites for hydroxylation is 1. The maximum absolute atomic E-state index is 11.2. The second-order valence-electron chi connectivity index (χ2n) is 2.91. The van der Waals surface area contributed by atoms with Gasteiger partial charge in [0.2, 0.25) is 0 Å². The van der Waals surface area contributed by atoms with Gasteiger partial charge in [0.1, 0.15) is 5.69 Å². The molecule has 0 aliphatic rings. The number of esters is 1. The second-order valence-corrected chi connectivity index (χ2v) is 2.91. The number of carboxylic acids is 1. The summed E-state index contributed by atoms with van der Waals surface area (Å²) in [5.74, 6) is -1.75. The summed E-state index contributed by atoms with van der Waals surface area (Å²) in [6, 6.07) is 1.53. The fraction of sp³-hybridized carbons (Fsp3) is 0.200. The van der Waals surface area contributed by atoms with Gasteiger partial charge in [0.05, 0.1) is 13.1 Å². The highest BCUT2D eigenvalue weighted by Crippen LogP contribution is 2.09. The molecule has 1 aromatic rings. The molecule has 15 heavy (non-hydrogen) atoms. The quantitative estimate of drug-likeness (QED) is 0.499. The molecule has 1 heterocycles. The number of hydrogen-bond donors (Lipinski definition) is 0. The van der Waals surface area contributed by atoms with Crippen molar-refractivity contribution in [3.05, 3.63) is 29.6 Å². The molecule has 0 saturated carbocycles. The van der Waals surface area contributed by atoms with Crippen LogP contribution in [0.15, 0.2) is 18.3 Å². The first-order valence-corrected chi connectivity index (χ1v) is 4.18. The number of ether oxygens (including phenoxy) is 1. The highest BCUT2D eigenvalue weighted by Gasteiger charge is 2.10. The van der Waals surface area contributed by atoms with Gasteiger partial charge in [-0.2, -0.15) is 0 Å². The summed E-state index contributed by atoms with van der Waals surface area (Å²) in [4.78, 5) is 21.3. The van der Waals surface area contributed by atoms with Gasteiger partial charge in [0.15, 0.2) is 0 Å². The topological polar surface area (TPSA) is 71.4 Å². The molecule has 0 spiro atoms. The van der Waals surface area contributed by atoms with Crippen molar-refractivity contribution in [2.24, 2.45) is 7.05 Å². The van der Waals surface area contributed by atoms with Crippen LogP contribution in [0.5, 0.6) is 0 Å². The Balaban J connectivity index is 2.95. The molecule has 0 fully saturated rings. The minimum Gasteiger partial charge on any atom is -0.545 e. The molecule has 80 valence electrons. The smallest absolute Gasteiger partial charge is 0.354 e. The van der Waals surface area contributed by atoms with Gasteiger partial charge in [0, 0.05) is 13.2 Å². The molecule has 0 aliphatic heterocycles. The van der Waals surface area contributed by atoms with Crippen LogP contribution >= 0.6 is 0 Å². The number of aromatic nitrogens is 1. The lowest BCUT2D eigenvalue weighted by molar-refractivity contribution is -0.297. The van der Waals surface area contributed by atoms with E-state index < -0.39 is 11.9 Å². The van der Waals surface area contributed by atoms with E-state index in [4.69, 9.17) is 0 Å². The van der Waals surface area contributed by atoms with Gasteiger partial charge < -0.3 is 19.2 Å². The van der Waals surface area contributed by atoms with Gasteiger partial charge in [-0.25, -0.2) is 4.79 Å². The maximum Gasteiger partial charge on any atom is 0.354 e. The van der Waals surface area contributed by atoms with Crippen LogP contribution in [0.3, 0.4) is 0 Å². The average Bonchev–Trinajstić information content (AvgIpc) is 2.55. The second kappa shape index (κ2) is 4.45. The van der Waals surface area contributed by atoms with Crippen LogP contribution in [-0.4, -0.2) is 23.6 Å². The molecule has 0 amide bonds. The zero-order valence-electron chi connectivity index (χ0n) is 8.39. The number of carbonyl (C=O) groups excluding carboxylic acids is 2. The third-order valence-corrected chi connectivity index (χ3v) is 1.83. The summed E-state index contributed by atoms with van der Waals surface area (Å²) < 4.78 is 6.10. The minimum absolute atomic E-state index is 0.357. The van der Waals surface area contributed by atoms with E-state index in [9.17, 15) is 14.7 Å². The van der Waals surface area contributed by atoms with Crippen LogP contribution in [0.2, 0.25) is 0 Å². The molecule has 0 N–H and O–H groups in total. The van der Waals surface area contributed by atoms with Crippen LogP contribution in [0.25, 0.3) is 6.08 Å². The molecule has 0 radical (unpaired) electrons. The lowest BCUT2D eigenvalue weighted by Gasteiger charge is -1.98. The first-order chi connectivity index (χ1) is 7.04. The van der Waals surface area contributed by atoms with Crippen LogP contribution in [0, 0.1) is 0 Å². The Kier molecular flexibility index (Phi) is 3.28. The lowest BCUT2D eigenvalue weighted by Crippen LogP contribution is -2.18. The zero-order valence-corrected chi connectivity index (χ0v) is 8.39. The van der Waals surface area contributed by atoms with Crippen molar-refractivity contribution in [1.29, 1.82) is 0 Å². The number of nitrogens with zero attached hydrogens (tertiary/aromatic N) is 1. The maximum atomic E-state index is 11.2. The predicted octanol–water partition coefficient (Wildman–Crippen LogP) is -0.425. The van der Waals surface area contributed by atoms with Crippen LogP contribution < -0.4 is 5.11 Å². The molecular weight excluding hydrogens is 198 g/mol. The highest BCUT2D eigenvalue weighted by atomic mass is 16.5. The van der Waals surface area contributed by atoms with Gasteiger partial charge in [-0.1, -0.05) is 6.08 Å². The third kappa shape index (κ3) is 2.70. The van der Waals surface area contributed by atoms with Crippen molar-refractivity contribution in [2.75, 3.05) is 7.11 Å². The summed E-state index contributed by atoms with van der Waals surface area (Å²) >= 11 is 0. The van der Waals surface area contributed by atoms with Crippen molar-refractivity contribution in [3.63, 3.8) is 0 Å². The van der Waals surface area contributed by atoms with E-state index in [1.165, 1.54) is 19.3 Å². The van der Waals surface area contributed by atoms with Gasteiger partial charge in [0.25, 0.3) is 0 Å². The highest BCUT2D eigenvalue weighted by molar-refractivity contribution is 5.89. The number of carbonyl (C=O) groups is 2. The molecule has 0 bridgehead atoms. The SMILES string of the molecule is COC(=O)c1cc(/C=C/C(=O)[O-])cn1C. The number of rotatable bonds is 3. The fourth-order valence-corrected chi connectivity index (χ4v) is 1.15. The van der Waals surface area contributed by atoms with E-state index in [1.807, 2.05) is 0 Å². The molecule has 0 aromatic carbocycles.